The second-order valence-electron chi connectivity index (χ2n) is 13.7. The molecular weight excluding hydrogens is 744 g/mol. The molecule has 2 heterocycles. The Morgan fingerprint density at radius 3 is 1.75 bits per heavy atom. The predicted molar refractivity (Wildman–Crippen MR) is 191 cm³/mol. The van der Waals surface area contributed by atoms with Gasteiger partial charge in [0.15, 0.2) is 0 Å². The fraction of sp³-hybridized carbons (Fsp3) is 0.667. The third-order valence-corrected chi connectivity index (χ3v) is 9.30. The van der Waals surface area contributed by atoms with Crippen molar-refractivity contribution < 1.29 is 63.0 Å². The van der Waals surface area contributed by atoms with E-state index in [1.807, 2.05) is 0 Å². The summed E-state index contributed by atoms with van der Waals surface area (Å²) in [6, 6.07) is -12.2. The largest absolute Gasteiger partial charge is 0.481 e. The summed E-state index contributed by atoms with van der Waals surface area (Å²) in [6.45, 7) is 4.61. The van der Waals surface area contributed by atoms with Crippen LogP contribution in [0.3, 0.4) is 0 Å². The highest BCUT2D eigenvalue weighted by molar-refractivity contribution is 6.00. The molecule has 0 radical (unpaired) electrons. The van der Waals surface area contributed by atoms with Crippen molar-refractivity contribution in [1.29, 1.82) is 0 Å². The molecule has 2 saturated heterocycles. The second-order valence-corrected chi connectivity index (χ2v) is 13.7. The van der Waals surface area contributed by atoms with Crippen LogP contribution in [0.1, 0.15) is 72.6 Å². The topological polar surface area (TPSA) is 368 Å². The number of carboxylic acid groups (broad SMARTS) is 1. The van der Waals surface area contributed by atoms with Gasteiger partial charge >= 0.3 is 5.97 Å². The Kier molecular flexibility index (Phi) is 17.6. The average molecular weight is 797 g/mol. The summed E-state index contributed by atoms with van der Waals surface area (Å²) in [5.74, 6) is -12.1. The van der Waals surface area contributed by atoms with Crippen LogP contribution in [0.4, 0.5) is 0 Å². The molecular formula is C33H52N10O13. The molecule has 0 unspecified atom stereocenters. The van der Waals surface area contributed by atoms with Gasteiger partial charge in [0, 0.05) is 13.0 Å². The number of primary amides is 2. The smallest absolute Gasteiger partial charge is 0.305 e. The third-order valence-electron chi connectivity index (χ3n) is 9.30. The molecule has 0 aromatic carbocycles. The van der Waals surface area contributed by atoms with Crippen LogP contribution in [0.2, 0.25) is 0 Å². The van der Waals surface area contributed by atoms with Gasteiger partial charge in [-0.15, -0.1) is 0 Å². The van der Waals surface area contributed by atoms with Crippen molar-refractivity contribution in [2.24, 2.45) is 17.4 Å². The second kappa shape index (κ2) is 21.3. The minimum atomic E-state index is -1.86. The Hall–Kier alpha value is -5.87. The molecule has 13 N–H and O–H groups in total. The lowest BCUT2D eigenvalue weighted by Crippen LogP contribution is -2.62. The van der Waals surface area contributed by atoms with Crippen molar-refractivity contribution >= 4 is 65.0 Å². The van der Waals surface area contributed by atoms with E-state index in [1.165, 1.54) is 13.8 Å². The first-order valence-corrected chi connectivity index (χ1v) is 18.0. The number of carbonyl (C=O) groups excluding carboxylic acids is 10. The molecule has 0 aromatic rings. The quantitative estimate of drug-likeness (QED) is 0.0983. The first-order valence-electron chi connectivity index (χ1n) is 18.0. The summed E-state index contributed by atoms with van der Waals surface area (Å²) in [5.41, 5.74) is 10.6. The zero-order valence-electron chi connectivity index (χ0n) is 31.5. The van der Waals surface area contributed by atoms with Crippen LogP contribution in [-0.2, 0) is 52.7 Å². The molecule has 2 rings (SSSR count). The van der Waals surface area contributed by atoms with Crippen LogP contribution in [0.25, 0.3) is 0 Å². The molecule has 23 heteroatoms. The third kappa shape index (κ3) is 13.5. The van der Waals surface area contributed by atoms with Crippen LogP contribution in [0.5, 0.6) is 0 Å². The summed E-state index contributed by atoms with van der Waals surface area (Å²) in [5, 5.41) is 36.0. The van der Waals surface area contributed by atoms with Gasteiger partial charge in [0.25, 0.3) is 0 Å². The van der Waals surface area contributed by atoms with Gasteiger partial charge < -0.3 is 63.8 Å². The van der Waals surface area contributed by atoms with E-state index < -0.39 is 145 Å². The number of carboxylic acids is 1. The standard InChI is InChI=1S/C33H52N10O13/c1-5-14(2)25-32(55)40-19(12-24(47)48)30(53)41-20(13-44)33(56)43-10-6-7-21(43)31(54)39-18(11-23(35)46)29(52)37-15(3)26(49)36-16(4)27(50)38-17(28(51)42-25)8-9-22(34)45/h14-21,25,44H,5-13H2,1-4H3,(H2,34,45)(H2,35,46)(H,36,49)(H,37,52)(H,38,50)(H,39,54)(H,40,55)(H,41,53)(H,42,51)(H,47,48)/t14-,15-,16-,17-,18-,19-,20-,21-,25-/m0/s1. The van der Waals surface area contributed by atoms with E-state index in [9.17, 15) is 63.0 Å². The molecule has 2 aliphatic rings. The van der Waals surface area contributed by atoms with Crippen molar-refractivity contribution in [3.05, 3.63) is 0 Å². The van der Waals surface area contributed by atoms with E-state index in [-0.39, 0.29) is 32.2 Å². The fourth-order valence-corrected chi connectivity index (χ4v) is 5.88. The monoisotopic (exact) mass is 796 g/mol. The Labute approximate surface area is 321 Å². The Morgan fingerprint density at radius 1 is 0.696 bits per heavy atom. The van der Waals surface area contributed by atoms with Gasteiger partial charge in [0.2, 0.25) is 59.1 Å². The molecule has 0 bridgehead atoms. The predicted octanol–water partition coefficient (Wildman–Crippen LogP) is -5.92. The molecule has 9 atom stereocenters. The van der Waals surface area contributed by atoms with Crippen molar-refractivity contribution in [1.82, 2.24) is 42.1 Å². The number of amides is 10. The zero-order chi connectivity index (χ0) is 42.4. The molecule has 0 aromatic heterocycles. The molecule has 312 valence electrons. The Morgan fingerprint density at radius 2 is 1.20 bits per heavy atom. The molecule has 10 amide bonds. The highest BCUT2D eigenvalue weighted by Crippen LogP contribution is 2.19. The number of rotatable bonds is 10. The van der Waals surface area contributed by atoms with Crippen LogP contribution in [-0.4, -0.2) is 142 Å². The van der Waals surface area contributed by atoms with Crippen LogP contribution in [0.15, 0.2) is 0 Å². The first kappa shape index (κ1) is 46.3. The van der Waals surface area contributed by atoms with Gasteiger partial charge in [0.1, 0.15) is 48.3 Å². The van der Waals surface area contributed by atoms with E-state index in [2.05, 4.69) is 37.2 Å². The minimum absolute atomic E-state index is 0.0506. The number of hydrogen-bond acceptors (Lipinski definition) is 12. The number of nitrogens with zero attached hydrogens (tertiary/aromatic N) is 1. The van der Waals surface area contributed by atoms with E-state index in [1.54, 1.807) is 13.8 Å². The lowest BCUT2D eigenvalue weighted by molar-refractivity contribution is -0.144. The highest BCUT2D eigenvalue weighted by Gasteiger charge is 2.41. The minimum Gasteiger partial charge on any atom is -0.481 e. The van der Waals surface area contributed by atoms with E-state index in [0.29, 0.717) is 0 Å². The fourth-order valence-electron chi connectivity index (χ4n) is 5.88. The number of fused-ring (bicyclic) bond motifs is 1. The summed E-state index contributed by atoms with van der Waals surface area (Å²) >= 11 is 0. The maximum Gasteiger partial charge on any atom is 0.305 e. The first-order chi connectivity index (χ1) is 26.2. The summed E-state index contributed by atoms with van der Waals surface area (Å²) in [6.07, 6.45) is -1.94. The van der Waals surface area contributed by atoms with Gasteiger partial charge in [0.05, 0.1) is 19.4 Å². The van der Waals surface area contributed by atoms with E-state index in [0.717, 1.165) is 4.90 Å². The highest BCUT2D eigenvalue weighted by atomic mass is 16.4. The molecule has 2 fully saturated rings. The van der Waals surface area contributed by atoms with Gasteiger partial charge in [-0.25, -0.2) is 0 Å². The van der Waals surface area contributed by atoms with Crippen molar-refractivity contribution in [2.45, 2.75) is 121 Å². The van der Waals surface area contributed by atoms with Gasteiger partial charge in [-0.2, -0.15) is 0 Å². The summed E-state index contributed by atoms with van der Waals surface area (Å²) in [4.78, 5) is 143. The normalized spacial score (nSPS) is 28.5. The number of nitrogens with one attached hydrogen (secondary N) is 7. The van der Waals surface area contributed by atoms with Gasteiger partial charge in [-0.3, -0.25) is 52.7 Å². The zero-order valence-corrected chi connectivity index (χ0v) is 31.5. The molecule has 2 aliphatic heterocycles. The number of aliphatic carboxylic acids is 1. The molecule has 0 spiro atoms. The van der Waals surface area contributed by atoms with Crippen molar-refractivity contribution in [2.75, 3.05) is 13.2 Å². The lowest BCUT2D eigenvalue weighted by Gasteiger charge is -2.31. The molecule has 56 heavy (non-hydrogen) atoms. The number of carbonyl (C=O) groups is 11. The van der Waals surface area contributed by atoms with E-state index >= 15 is 0 Å². The van der Waals surface area contributed by atoms with Crippen molar-refractivity contribution in [3.8, 4) is 0 Å². The number of nitrogens with two attached hydrogens (primary N) is 2. The average Bonchev–Trinajstić information content (AvgIpc) is 3.62. The SMILES string of the molecule is CC[C@H](C)[C@@H]1NC(=O)[C@H](CCC(N)=O)NC(=O)[C@H](C)NC(=O)[C@H](C)NC(=O)[C@H](CC(N)=O)NC(=O)[C@@H]2CCCN2C(=O)[C@H](CO)NC(=O)[C@H](CC(=O)O)NC1=O. The van der Waals surface area contributed by atoms with Gasteiger partial charge in [-0.05, 0) is 39.0 Å². The van der Waals surface area contributed by atoms with Crippen LogP contribution in [0, 0.1) is 5.92 Å². The Bertz CT molecular complexity index is 1560. The lowest BCUT2D eigenvalue weighted by atomic mass is 9.96. The molecule has 0 saturated carbocycles. The van der Waals surface area contributed by atoms with Gasteiger partial charge in [-0.1, -0.05) is 20.3 Å². The van der Waals surface area contributed by atoms with Crippen molar-refractivity contribution in [3.63, 3.8) is 0 Å². The van der Waals surface area contributed by atoms with Crippen LogP contribution >= 0.6 is 0 Å². The molecule has 0 aliphatic carbocycles. The summed E-state index contributed by atoms with van der Waals surface area (Å²) in [7, 11) is 0. The van der Waals surface area contributed by atoms with Crippen LogP contribution < -0.4 is 48.7 Å². The maximum atomic E-state index is 13.6. The number of aliphatic hydroxyl groups is 1. The number of hydrogen-bond donors (Lipinski definition) is 11. The maximum absolute atomic E-state index is 13.6. The Balaban J connectivity index is 2.61. The molecule has 23 nitrogen and oxygen atoms in total. The summed E-state index contributed by atoms with van der Waals surface area (Å²) < 4.78 is 0. The number of aliphatic hydroxyl groups excluding tert-OH is 1. The van der Waals surface area contributed by atoms with E-state index in [4.69, 9.17) is 11.5 Å².